The molecule has 0 unspecified atom stereocenters. The third kappa shape index (κ3) is 2.92. The van der Waals surface area contributed by atoms with Gasteiger partial charge in [0.15, 0.2) is 0 Å². The van der Waals surface area contributed by atoms with E-state index in [1.165, 1.54) is 22.6 Å². The molecule has 0 aliphatic carbocycles. The second-order valence-electron chi connectivity index (χ2n) is 4.44. The van der Waals surface area contributed by atoms with E-state index in [0.717, 1.165) is 17.9 Å². The van der Waals surface area contributed by atoms with E-state index in [2.05, 4.69) is 21.2 Å². The molecule has 1 aliphatic rings. The number of hydrogen-bond acceptors (Lipinski definition) is 3. The van der Waals surface area contributed by atoms with Crippen molar-refractivity contribution >= 4 is 50.6 Å². The molecular formula is C14H11BrFNOS2. The number of halogens is 2. The molecule has 3 rings (SSSR count). The van der Waals surface area contributed by atoms with Crippen LogP contribution in [0.2, 0.25) is 0 Å². The molecule has 0 fully saturated rings. The van der Waals surface area contributed by atoms with Crippen molar-refractivity contribution in [2.45, 2.75) is 12.2 Å². The molecule has 6 heteroatoms. The number of rotatable bonds is 2. The molecule has 1 amide bonds. The molecule has 0 saturated carbocycles. The number of aryl methyl sites for hydroxylation is 1. The number of nitrogens with one attached hydrogen (secondary N) is 1. The molecule has 0 bridgehead atoms. The summed E-state index contributed by atoms with van der Waals surface area (Å²) in [5.74, 6) is 1.64. The van der Waals surface area contributed by atoms with E-state index in [9.17, 15) is 9.18 Å². The van der Waals surface area contributed by atoms with Crippen molar-refractivity contribution in [3.63, 3.8) is 0 Å². The largest absolute Gasteiger partial charge is 0.320 e. The first-order valence-electron chi connectivity index (χ1n) is 6.09. The second kappa shape index (κ2) is 5.87. The van der Waals surface area contributed by atoms with Gasteiger partial charge in [-0.05, 0) is 57.9 Å². The van der Waals surface area contributed by atoms with Gasteiger partial charge in [-0.2, -0.15) is 11.8 Å². The highest BCUT2D eigenvalue weighted by Gasteiger charge is 2.18. The molecule has 1 aromatic heterocycles. The van der Waals surface area contributed by atoms with Gasteiger partial charge in [0.05, 0.1) is 10.6 Å². The van der Waals surface area contributed by atoms with Gasteiger partial charge in [-0.25, -0.2) is 4.39 Å². The van der Waals surface area contributed by atoms with Crippen LogP contribution in [0.5, 0.6) is 0 Å². The summed E-state index contributed by atoms with van der Waals surface area (Å²) in [5.41, 5.74) is 1.85. The summed E-state index contributed by atoms with van der Waals surface area (Å²) in [6.07, 6.45) is 1.04. The van der Waals surface area contributed by atoms with Gasteiger partial charge in [0.25, 0.3) is 5.91 Å². The number of fused-ring (bicyclic) bond motifs is 1. The van der Waals surface area contributed by atoms with Gasteiger partial charge in [0.2, 0.25) is 0 Å². The van der Waals surface area contributed by atoms with Gasteiger partial charge in [0.1, 0.15) is 5.82 Å². The Morgan fingerprint density at radius 2 is 2.20 bits per heavy atom. The van der Waals surface area contributed by atoms with Crippen LogP contribution in [0.4, 0.5) is 10.1 Å². The van der Waals surface area contributed by atoms with Crippen LogP contribution in [0.3, 0.4) is 0 Å². The monoisotopic (exact) mass is 371 g/mol. The first-order valence-corrected chi connectivity index (χ1v) is 8.85. The van der Waals surface area contributed by atoms with Crippen LogP contribution < -0.4 is 5.32 Å². The number of thiophene rings is 1. The van der Waals surface area contributed by atoms with Gasteiger partial charge in [0, 0.05) is 15.1 Å². The molecule has 0 saturated heterocycles. The maximum absolute atomic E-state index is 13.0. The normalized spacial score (nSPS) is 13.9. The number of carbonyl (C=O) groups is 1. The Kier molecular flexibility index (Phi) is 4.14. The van der Waals surface area contributed by atoms with Crippen LogP contribution in [0.1, 0.15) is 20.1 Å². The lowest BCUT2D eigenvalue weighted by molar-refractivity contribution is 0.103. The molecular weight excluding hydrogens is 361 g/mol. The van der Waals surface area contributed by atoms with Crippen LogP contribution in [-0.2, 0) is 12.2 Å². The SMILES string of the molecule is O=C(Nc1ccc(F)cc1Br)c1cc2c(s1)CCSC2. The van der Waals surface area contributed by atoms with Crippen LogP contribution >= 0.6 is 39.0 Å². The van der Waals surface area contributed by atoms with Crippen LogP contribution in [0.25, 0.3) is 0 Å². The predicted octanol–water partition coefficient (Wildman–Crippen LogP) is 4.69. The van der Waals surface area contributed by atoms with Gasteiger partial charge in [-0.1, -0.05) is 0 Å². The van der Waals surface area contributed by atoms with Crippen LogP contribution in [0, 0.1) is 5.82 Å². The zero-order chi connectivity index (χ0) is 14.1. The summed E-state index contributed by atoms with van der Waals surface area (Å²) in [7, 11) is 0. The van der Waals surface area contributed by atoms with E-state index >= 15 is 0 Å². The lowest BCUT2D eigenvalue weighted by Gasteiger charge is -2.08. The standard InChI is InChI=1S/C14H11BrFNOS2/c15-10-6-9(16)1-2-11(10)17-14(18)13-5-8-7-19-4-3-12(8)20-13/h1-2,5-6H,3-4,7H2,(H,17,18). The third-order valence-electron chi connectivity index (χ3n) is 3.03. The number of benzene rings is 1. The minimum atomic E-state index is -0.335. The van der Waals surface area contributed by atoms with E-state index in [1.807, 2.05) is 17.8 Å². The highest BCUT2D eigenvalue weighted by atomic mass is 79.9. The Bertz CT molecular complexity index is 648. The molecule has 1 N–H and O–H groups in total. The zero-order valence-corrected chi connectivity index (χ0v) is 13.6. The molecule has 2 heterocycles. The van der Waals surface area contributed by atoms with Crippen LogP contribution in [0.15, 0.2) is 28.7 Å². The molecule has 1 aliphatic heterocycles. The van der Waals surface area contributed by atoms with Gasteiger partial charge >= 0.3 is 0 Å². The minimum Gasteiger partial charge on any atom is -0.320 e. The Hall–Kier alpha value is -0.850. The third-order valence-corrected chi connectivity index (χ3v) is 5.93. The van der Waals surface area contributed by atoms with E-state index in [-0.39, 0.29) is 11.7 Å². The molecule has 104 valence electrons. The smallest absolute Gasteiger partial charge is 0.265 e. The van der Waals surface area contributed by atoms with Crippen molar-refractivity contribution in [3.8, 4) is 0 Å². The van der Waals surface area contributed by atoms with Crippen molar-refractivity contribution in [3.05, 3.63) is 49.9 Å². The highest BCUT2D eigenvalue weighted by Crippen LogP contribution is 2.32. The molecule has 2 nitrogen and oxygen atoms in total. The quantitative estimate of drug-likeness (QED) is 0.829. The molecule has 0 atom stereocenters. The Balaban J connectivity index is 1.80. The summed E-state index contributed by atoms with van der Waals surface area (Å²) in [6.45, 7) is 0. The number of amides is 1. The Labute approximate surface area is 132 Å². The topological polar surface area (TPSA) is 29.1 Å². The summed E-state index contributed by atoms with van der Waals surface area (Å²) < 4.78 is 13.6. The molecule has 2 aromatic rings. The first-order chi connectivity index (χ1) is 9.63. The van der Waals surface area contributed by atoms with Crippen molar-refractivity contribution in [2.24, 2.45) is 0 Å². The highest BCUT2D eigenvalue weighted by molar-refractivity contribution is 9.10. The number of hydrogen-bond donors (Lipinski definition) is 1. The van der Waals surface area contributed by atoms with E-state index in [0.29, 0.717) is 15.0 Å². The Morgan fingerprint density at radius 3 is 2.95 bits per heavy atom. The lowest BCUT2D eigenvalue weighted by atomic mass is 10.2. The summed E-state index contributed by atoms with van der Waals surface area (Å²) in [6, 6.07) is 6.20. The average molecular weight is 372 g/mol. The van der Waals surface area contributed by atoms with Crippen LogP contribution in [-0.4, -0.2) is 11.7 Å². The number of thioether (sulfide) groups is 1. The number of anilines is 1. The number of carbonyl (C=O) groups excluding carboxylic acids is 1. The van der Waals surface area contributed by atoms with Crippen molar-refractivity contribution in [1.29, 1.82) is 0 Å². The van der Waals surface area contributed by atoms with E-state index in [4.69, 9.17) is 0 Å². The fraction of sp³-hybridized carbons (Fsp3) is 0.214. The summed E-state index contributed by atoms with van der Waals surface area (Å²) >= 11 is 6.70. The van der Waals surface area contributed by atoms with Crippen molar-refractivity contribution < 1.29 is 9.18 Å². The van der Waals surface area contributed by atoms with Gasteiger partial charge in [-0.3, -0.25) is 4.79 Å². The average Bonchev–Trinajstić information content (AvgIpc) is 2.86. The maximum atomic E-state index is 13.0. The molecule has 0 radical (unpaired) electrons. The summed E-state index contributed by atoms with van der Waals surface area (Å²) in [4.78, 5) is 14.3. The molecule has 1 aromatic carbocycles. The lowest BCUT2D eigenvalue weighted by Crippen LogP contribution is -2.10. The molecule has 0 spiro atoms. The van der Waals surface area contributed by atoms with Gasteiger partial charge in [-0.15, -0.1) is 11.3 Å². The summed E-state index contributed by atoms with van der Waals surface area (Å²) in [5, 5.41) is 2.81. The predicted molar refractivity (Wildman–Crippen MR) is 86.2 cm³/mol. The maximum Gasteiger partial charge on any atom is 0.265 e. The fourth-order valence-electron chi connectivity index (χ4n) is 2.03. The zero-order valence-electron chi connectivity index (χ0n) is 10.4. The molecule has 20 heavy (non-hydrogen) atoms. The fourth-order valence-corrected chi connectivity index (χ4v) is 4.75. The van der Waals surface area contributed by atoms with Crippen molar-refractivity contribution in [1.82, 2.24) is 0 Å². The first kappa shape index (κ1) is 14.1. The van der Waals surface area contributed by atoms with Gasteiger partial charge < -0.3 is 5.32 Å². The van der Waals surface area contributed by atoms with E-state index < -0.39 is 0 Å². The second-order valence-corrected chi connectivity index (χ2v) is 7.54. The van der Waals surface area contributed by atoms with Crippen molar-refractivity contribution in [2.75, 3.05) is 11.1 Å². The van der Waals surface area contributed by atoms with E-state index in [1.54, 1.807) is 17.4 Å². The minimum absolute atomic E-state index is 0.137. The Morgan fingerprint density at radius 1 is 1.35 bits per heavy atom.